The van der Waals surface area contributed by atoms with Crippen molar-refractivity contribution < 1.29 is 5.11 Å². The molecule has 0 aromatic rings. The predicted molar refractivity (Wildman–Crippen MR) is 34.4 cm³/mol. The van der Waals surface area contributed by atoms with Crippen molar-refractivity contribution in [2.45, 2.75) is 32.3 Å². The van der Waals surface area contributed by atoms with Crippen LogP contribution in [0.25, 0.3) is 0 Å². The molecule has 0 aromatic heterocycles. The second-order valence-corrected chi connectivity index (χ2v) is 3.50. The van der Waals surface area contributed by atoms with Crippen LogP contribution in [0.15, 0.2) is 0 Å². The van der Waals surface area contributed by atoms with Crippen LogP contribution in [0.4, 0.5) is 0 Å². The van der Waals surface area contributed by atoms with Crippen molar-refractivity contribution in [1.82, 2.24) is 0 Å². The largest absolute Gasteiger partial charge is 0.212 e. The van der Waals surface area contributed by atoms with Gasteiger partial charge in [-0.15, -0.1) is 0 Å². The van der Waals surface area contributed by atoms with Gasteiger partial charge in [0.05, 0.1) is 0 Å². The summed E-state index contributed by atoms with van der Waals surface area (Å²) in [4.78, 5) is 0. The maximum atomic E-state index is 10.7. The van der Waals surface area contributed by atoms with E-state index in [1.807, 2.05) is 13.8 Å². The summed E-state index contributed by atoms with van der Waals surface area (Å²) in [7, 11) is 0. The van der Waals surface area contributed by atoms with E-state index in [0.717, 1.165) is 0 Å². The Morgan fingerprint density at radius 1 is 1.62 bits per heavy atom. The van der Waals surface area contributed by atoms with Crippen molar-refractivity contribution in [3.05, 3.63) is 0 Å². The molecule has 0 heterocycles. The van der Waals surface area contributed by atoms with Crippen molar-refractivity contribution in [2.75, 3.05) is 0 Å². The maximum absolute atomic E-state index is 10.7. The molecular formula is C6H12ClO. The zero-order chi connectivity index (χ0) is 6.78. The Hall–Kier alpha value is 0.250. The third-order valence-electron chi connectivity index (χ3n) is 0.773. The zero-order valence-corrected chi connectivity index (χ0v) is 6.33. The number of hydrogen-bond donors (Lipinski definition) is 0. The fourth-order valence-corrected chi connectivity index (χ4v) is 1.04. The van der Waals surface area contributed by atoms with Crippen molar-refractivity contribution in [3.63, 3.8) is 0 Å². The van der Waals surface area contributed by atoms with Crippen LogP contribution < -0.4 is 0 Å². The average molecular weight is 136 g/mol. The summed E-state index contributed by atoms with van der Waals surface area (Å²) in [5.74, 6) is 0.398. The Labute approximate surface area is 55.7 Å². The summed E-state index contributed by atoms with van der Waals surface area (Å²) < 4.78 is 0. The van der Waals surface area contributed by atoms with Crippen LogP contribution in [0.5, 0.6) is 0 Å². The molecule has 1 nitrogen and oxygen atoms in total. The average Bonchev–Trinajstić information content (AvgIpc) is 1.21. The van der Waals surface area contributed by atoms with E-state index in [2.05, 4.69) is 0 Å². The molecule has 8 heavy (non-hydrogen) atoms. The first-order valence-corrected chi connectivity index (χ1v) is 3.19. The van der Waals surface area contributed by atoms with Gasteiger partial charge in [0.2, 0.25) is 0 Å². The van der Waals surface area contributed by atoms with E-state index in [0.29, 0.717) is 12.3 Å². The van der Waals surface area contributed by atoms with Gasteiger partial charge in [-0.05, 0) is 19.3 Å². The van der Waals surface area contributed by atoms with E-state index >= 15 is 0 Å². The molecule has 0 saturated heterocycles. The summed E-state index contributed by atoms with van der Waals surface area (Å²) in [5, 5.41) is 9.42. The van der Waals surface area contributed by atoms with Crippen molar-refractivity contribution in [1.29, 1.82) is 0 Å². The molecule has 0 bridgehead atoms. The first-order valence-electron chi connectivity index (χ1n) is 2.81. The molecule has 1 atom stereocenters. The van der Waals surface area contributed by atoms with Crippen LogP contribution in [0.1, 0.15) is 27.2 Å². The Kier molecular flexibility index (Phi) is 2.78. The fourth-order valence-electron chi connectivity index (χ4n) is 0.729. The van der Waals surface area contributed by atoms with Gasteiger partial charge in [0, 0.05) is 0 Å². The van der Waals surface area contributed by atoms with Crippen LogP contribution >= 0.6 is 11.6 Å². The molecule has 0 saturated carbocycles. The highest BCUT2D eigenvalue weighted by Gasteiger charge is 2.19. The molecule has 49 valence electrons. The van der Waals surface area contributed by atoms with Gasteiger partial charge >= 0.3 is 0 Å². The van der Waals surface area contributed by atoms with Crippen LogP contribution in [0.2, 0.25) is 0 Å². The molecule has 0 aliphatic heterocycles. The summed E-state index contributed by atoms with van der Waals surface area (Å²) in [6, 6.07) is 0. The molecule has 1 radical (unpaired) electrons. The van der Waals surface area contributed by atoms with E-state index in [4.69, 9.17) is 11.6 Å². The quantitative estimate of drug-likeness (QED) is 0.519. The summed E-state index contributed by atoms with van der Waals surface area (Å²) in [6.07, 6.45) is 0.536. The molecule has 0 aliphatic rings. The van der Waals surface area contributed by atoms with Gasteiger partial charge in [-0.1, -0.05) is 25.4 Å². The Balaban J connectivity index is 3.39. The highest BCUT2D eigenvalue weighted by atomic mass is 35.5. The first-order chi connectivity index (χ1) is 3.42. The minimum absolute atomic E-state index is 0.398. The monoisotopic (exact) mass is 135 g/mol. The number of rotatable bonds is 2. The predicted octanol–water partition coefficient (Wildman–Crippen LogP) is 2.42. The topological polar surface area (TPSA) is 19.9 Å². The lowest BCUT2D eigenvalue weighted by molar-refractivity contribution is 0.0460. The molecule has 1 unspecified atom stereocenters. The Bertz CT molecular complexity index is 63.4. The summed E-state index contributed by atoms with van der Waals surface area (Å²) in [5.41, 5.74) is 0. The molecule has 0 rings (SSSR count). The third-order valence-corrected chi connectivity index (χ3v) is 0.927. The zero-order valence-electron chi connectivity index (χ0n) is 5.57. The maximum Gasteiger partial charge on any atom is 0.174 e. The van der Waals surface area contributed by atoms with Crippen LogP contribution in [0.3, 0.4) is 0 Å². The van der Waals surface area contributed by atoms with E-state index in [1.54, 1.807) is 0 Å². The van der Waals surface area contributed by atoms with Crippen LogP contribution in [-0.2, 0) is 5.11 Å². The SMILES string of the molecule is CC(C)CC(C)([O])Cl. The second-order valence-electron chi connectivity index (χ2n) is 2.70. The van der Waals surface area contributed by atoms with Gasteiger partial charge in [0.1, 0.15) is 0 Å². The highest BCUT2D eigenvalue weighted by Crippen LogP contribution is 2.20. The Morgan fingerprint density at radius 2 is 2.00 bits per heavy atom. The van der Waals surface area contributed by atoms with Crippen molar-refractivity contribution >= 4 is 11.6 Å². The normalized spacial score (nSPS) is 18.8. The Morgan fingerprint density at radius 3 is 2.00 bits per heavy atom. The first kappa shape index (κ1) is 8.25. The minimum Gasteiger partial charge on any atom is -0.212 e. The third kappa shape index (κ3) is 6.25. The van der Waals surface area contributed by atoms with Crippen LogP contribution in [0, 0.1) is 5.92 Å². The van der Waals surface area contributed by atoms with E-state index in [9.17, 15) is 5.11 Å². The molecular weight excluding hydrogens is 124 g/mol. The van der Waals surface area contributed by atoms with Gasteiger partial charge in [-0.2, -0.15) is 0 Å². The minimum atomic E-state index is -1.26. The molecule has 0 amide bonds. The lowest BCUT2D eigenvalue weighted by Crippen LogP contribution is -2.15. The molecule has 0 N–H and O–H groups in total. The van der Waals surface area contributed by atoms with Gasteiger partial charge in [-0.25, -0.2) is 5.11 Å². The molecule has 2 heteroatoms. The van der Waals surface area contributed by atoms with Gasteiger partial charge in [0.15, 0.2) is 5.06 Å². The molecule has 0 fully saturated rings. The highest BCUT2D eigenvalue weighted by molar-refractivity contribution is 6.22. The molecule has 0 spiro atoms. The fraction of sp³-hybridized carbons (Fsp3) is 1.00. The lowest BCUT2D eigenvalue weighted by Gasteiger charge is -2.13. The van der Waals surface area contributed by atoms with Crippen LogP contribution in [-0.4, -0.2) is 5.06 Å². The summed E-state index contributed by atoms with van der Waals surface area (Å²) in [6.45, 7) is 5.46. The number of alkyl halides is 1. The standard InChI is InChI=1S/C6H12ClO/c1-5(2)4-6(3,7)8/h5H,4H2,1-3H3. The van der Waals surface area contributed by atoms with Crippen molar-refractivity contribution in [2.24, 2.45) is 5.92 Å². The van der Waals surface area contributed by atoms with Gasteiger partial charge in [0.25, 0.3) is 0 Å². The lowest BCUT2D eigenvalue weighted by atomic mass is 10.1. The second kappa shape index (κ2) is 2.70. The molecule has 0 aliphatic carbocycles. The molecule has 0 aromatic carbocycles. The van der Waals surface area contributed by atoms with Gasteiger partial charge in [-0.3, -0.25) is 0 Å². The van der Waals surface area contributed by atoms with Gasteiger partial charge < -0.3 is 0 Å². The van der Waals surface area contributed by atoms with E-state index in [-0.39, 0.29) is 0 Å². The number of halogens is 1. The van der Waals surface area contributed by atoms with Crippen molar-refractivity contribution in [3.8, 4) is 0 Å². The number of hydrogen-bond acceptors (Lipinski definition) is 0. The summed E-state index contributed by atoms with van der Waals surface area (Å²) >= 11 is 5.37. The van der Waals surface area contributed by atoms with E-state index in [1.165, 1.54) is 6.92 Å². The van der Waals surface area contributed by atoms with E-state index < -0.39 is 5.06 Å². The smallest absolute Gasteiger partial charge is 0.174 e.